The number of hydrogen-bond donors (Lipinski definition) is 1. The predicted octanol–water partition coefficient (Wildman–Crippen LogP) is 4.53. The Labute approximate surface area is 148 Å². The van der Waals surface area contributed by atoms with E-state index < -0.39 is 10.8 Å². The zero-order chi connectivity index (χ0) is 17.8. The van der Waals surface area contributed by atoms with Crippen molar-refractivity contribution < 1.29 is 9.72 Å². The Bertz CT molecular complexity index is 922. The summed E-state index contributed by atoms with van der Waals surface area (Å²) in [6, 6.07) is 15.4. The highest BCUT2D eigenvalue weighted by Gasteiger charge is 2.16. The fourth-order valence-electron chi connectivity index (χ4n) is 2.40. The Kier molecular flexibility index (Phi) is 4.85. The number of nitrogens with zero attached hydrogens (tertiary/aromatic N) is 2. The second-order valence-corrected chi connectivity index (χ2v) is 6.36. The molecule has 0 bridgehead atoms. The molecular weight excluding hydrogens is 338 g/mol. The van der Waals surface area contributed by atoms with Gasteiger partial charge in [0, 0.05) is 28.1 Å². The standard InChI is InChI=1S/C18H15N3O3S/c1-2-15-16(12-7-4-3-5-8-12)19-18(25-15)20-17(22)13-9-6-10-14(11-13)21(23)24/h3-11H,2H2,1H3,(H,19,20,22). The van der Waals surface area contributed by atoms with Crippen molar-refractivity contribution in [2.24, 2.45) is 0 Å². The van der Waals surface area contributed by atoms with E-state index in [9.17, 15) is 14.9 Å². The molecule has 25 heavy (non-hydrogen) atoms. The largest absolute Gasteiger partial charge is 0.298 e. The summed E-state index contributed by atoms with van der Waals surface area (Å²) >= 11 is 1.41. The van der Waals surface area contributed by atoms with Crippen LogP contribution in [0.25, 0.3) is 11.3 Å². The molecule has 0 saturated carbocycles. The second kappa shape index (κ2) is 7.23. The van der Waals surface area contributed by atoms with Crippen LogP contribution in [0.4, 0.5) is 10.8 Å². The summed E-state index contributed by atoms with van der Waals surface area (Å²) in [6.45, 7) is 2.03. The molecular formula is C18H15N3O3S. The van der Waals surface area contributed by atoms with Gasteiger partial charge in [-0.15, -0.1) is 11.3 Å². The summed E-state index contributed by atoms with van der Waals surface area (Å²) in [6.07, 6.45) is 0.800. The highest BCUT2D eigenvalue weighted by Crippen LogP contribution is 2.31. The number of benzene rings is 2. The van der Waals surface area contributed by atoms with Gasteiger partial charge in [-0.3, -0.25) is 20.2 Å². The number of anilines is 1. The zero-order valence-electron chi connectivity index (χ0n) is 13.4. The molecule has 6 nitrogen and oxygen atoms in total. The van der Waals surface area contributed by atoms with E-state index in [1.807, 2.05) is 37.3 Å². The van der Waals surface area contributed by atoms with Gasteiger partial charge in [-0.05, 0) is 12.5 Å². The number of nitro groups is 1. The van der Waals surface area contributed by atoms with Crippen LogP contribution >= 0.6 is 11.3 Å². The first-order chi connectivity index (χ1) is 12.1. The van der Waals surface area contributed by atoms with Crippen molar-refractivity contribution >= 4 is 28.1 Å². The van der Waals surface area contributed by atoms with E-state index in [0.717, 1.165) is 22.6 Å². The quantitative estimate of drug-likeness (QED) is 0.539. The fraction of sp³-hybridized carbons (Fsp3) is 0.111. The van der Waals surface area contributed by atoms with Gasteiger partial charge >= 0.3 is 0 Å². The maximum absolute atomic E-state index is 12.4. The molecule has 1 amide bonds. The van der Waals surface area contributed by atoms with Gasteiger partial charge < -0.3 is 0 Å². The minimum absolute atomic E-state index is 0.119. The van der Waals surface area contributed by atoms with Gasteiger partial charge in [-0.2, -0.15) is 0 Å². The van der Waals surface area contributed by atoms with Crippen LogP contribution in [0.15, 0.2) is 54.6 Å². The normalized spacial score (nSPS) is 10.4. The van der Waals surface area contributed by atoms with Gasteiger partial charge in [0.15, 0.2) is 5.13 Å². The number of aromatic nitrogens is 1. The average molecular weight is 353 g/mol. The molecule has 126 valence electrons. The lowest BCUT2D eigenvalue weighted by Gasteiger charge is -2.01. The first kappa shape index (κ1) is 16.8. The van der Waals surface area contributed by atoms with Crippen LogP contribution < -0.4 is 5.32 Å². The van der Waals surface area contributed by atoms with E-state index in [1.54, 1.807) is 0 Å². The van der Waals surface area contributed by atoms with E-state index in [2.05, 4.69) is 10.3 Å². The summed E-state index contributed by atoms with van der Waals surface area (Å²) in [5.41, 5.74) is 1.95. The number of non-ortho nitro benzene ring substituents is 1. The van der Waals surface area contributed by atoms with Crippen molar-refractivity contribution in [3.8, 4) is 11.3 Å². The van der Waals surface area contributed by atoms with E-state index in [-0.39, 0.29) is 11.3 Å². The SMILES string of the molecule is CCc1sc(NC(=O)c2cccc([N+](=O)[O-])c2)nc1-c1ccccc1. The predicted molar refractivity (Wildman–Crippen MR) is 98.0 cm³/mol. The average Bonchev–Trinajstić information content (AvgIpc) is 3.05. The van der Waals surface area contributed by atoms with E-state index in [4.69, 9.17) is 0 Å². The van der Waals surface area contributed by atoms with Crippen molar-refractivity contribution in [1.29, 1.82) is 0 Å². The minimum Gasteiger partial charge on any atom is -0.298 e. The van der Waals surface area contributed by atoms with Crippen molar-refractivity contribution in [1.82, 2.24) is 4.98 Å². The first-order valence-corrected chi connectivity index (χ1v) is 8.51. The highest BCUT2D eigenvalue weighted by atomic mass is 32.1. The van der Waals surface area contributed by atoms with Crippen LogP contribution in [-0.4, -0.2) is 15.8 Å². The number of nitrogens with one attached hydrogen (secondary N) is 1. The first-order valence-electron chi connectivity index (χ1n) is 7.69. The summed E-state index contributed by atoms with van der Waals surface area (Å²) in [5, 5.41) is 14.1. The van der Waals surface area contributed by atoms with Crippen LogP contribution in [0.5, 0.6) is 0 Å². The molecule has 2 aromatic carbocycles. The molecule has 7 heteroatoms. The molecule has 1 aromatic heterocycles. The molecule has 0 saturated heterocycles. The van der Waals surface area contributed by atoms with Crippen LogP contribution in [0.3, 0.4) is 0 Å². The number of amides is 1. The van der Waals surface area contributed by atoms with E-state index in [1.165, 1.54) is 35.6 Å². The van der Waals surface area contributed by atoms with Gasteiger partial charge in [-0.25, -0.2) is 4.98 Å². The number of carbonyl (C=O) groups excluding carboxylic acids is 1. The fourth-order valence-corrected chi connectivity index (χ4v) is 3.31. The molecule has 0 aliphatic heterocycles. The number of rotatable bonds is 5. The van der Waals surface area contributed by atoms with Crippen LogP contribution in [-0.2, 0) is 6.42 Å². The Hall–Kier alpha value is -3.06. The molecule has 0 radical (unpaired) electrons. The van der Waals surface area contributed by atoms with Gasteiger partial charge in [0.05, 0.1) is 10.6 Å². The summed E-state index contributed by atoms with van der Waals surface area (Å²) in [7, 11) is 0. The Balaban J connectivity index is 1.86. The van der Waals surface area contributed by atoms with E-state index in [0.29, 0.717) is 5.13 Å². The van der Waals surface area contributed by atoms with Crippen LogP contribution in [0, 0.1) is 10.1 Å². The van der Waals surface area contributed by atoms with Gasteiger partial charge in [0.2, 0.25) is 0 Å². The third-order valence-electron chi connectivity index (χ3n) is 3.61. The Morgan fingerprint density at radius 3 is 2.64 bits per heavy atom. The van der Waals surface area contributed by atoms with Crippen molar-refractivity contribution in [3.63, 3.8) is 0 Å². The molecule has 1 heterocycles. The highest BCUT2D eigenvalue weighted by molar-refractivity contribution is 7.16. The van der Waals surface area contributed by atoms with Gasteiger partial charge in [-0.1, -0.05) is 43.3 Å². The van der Waals surface area contributed by atoms with Crippen LogP contribution in [0.1, 0.15) is 22.2 Å². The molecule has 0 atom stereocenters. The summed E-state index contributed by atoms with van der Waals surface area (Å²) < 4.78 is 0. The lowest BCUT2D eigenvalue weighted by Crippen LogP contribution is -2.11. The Morgan fingerprint density at radius 2 is 1.96 bits per heavy atom. The minimum atomic E-state index is -0.525. The molecule has 0 unspecified atom stereocenters. The second-order valence-electron chi connectivity index (χ2n) is 5.27. The topological polar surface area (TPSA) is 85.1 Å². The smallest absolute Gasteiger partial charge is 0.270 e. The van der Waals surface area contributed by atoms with Crippen molar-refractivity contribution in [2.45, 2.75) is 13.3 Å². The number of carbonyl (C=O) groups is 1. The van der Waals surface area contributed by atoms with Gasteiger partial charge in [0.25, 0.3) is 11.6 Å². The van der Waals surface area contributed by atoms with Crippen LogP contribution in [0.2, 0.25) is 0 Å². The number of nitro benzene ring substituents is 1. The lowest BCUT2D eigenvalue weighted by atomic mass is 10.1. The van der Waals surface area contributed by atoms with Crippen molar-refractivity contribution in [3.05, 3.63) is 75.2 Å². The molecule has 0 fully saturated rings. The molecule has 1 N–H and O–H groups in total. The number of hydrogen-bond acceptors (Lipinski definition) is 5. The monoisotopic (exact) mass is 353 g/mol. The van der Waals surface area contributed by atoms with Gasteiger partial charge in [0.1, 0.15) is 0 Å². The molecule has 3 rings (SSSR count). The summed E-state index contributed by atoms with van der Waals surface area (Å²) in [4.78, 5) is 28.3. The zero-order valence-corrected chi connectivity index (χ0v) is 14.2. The summed E-state index contributed by atoms with van der Waals surface area (Å²) in [5.74, 6) is -0.417. The van der Waals surface area contributed by atoms with E-state index >= 15 is 0 Å². The van der Waals surface area contributed by atoms with Crippen molar-refractivity contribution in [2.75, 3.05) is 5.32 Å². The maximum Gasteiger partial charge on any atom is 0.270 e. The third-order valence-corrected chi connectivity index (χ3v) is 4.72. The molecule has 0 spiro atoms. The lowest BCUT2D eigenvalue weighted by molar-refractivity contribution is -0.384. The molecule has 0 aliphatic rings. The third kappa shape index (κ3) is 3.72. The molecule has 0 aliphatic carbocycles. The Morgan fingerprint density at radius 1 is 1.20 bits per heavy atom. The number of aryl methyl sites for hydroxylation is 1. The molecule has 3 aromatic rings. The maximum atomic E-state index is 12.4. The number of thiazole rings is 1.